The summed E-state index contributed by atoms with van der Waals surface area (Å²) < 4.78 is 4.84. The van der Waals surface area contributed by atoms with Crippen molar-refractivity contribution in [2.24, 2.45) is 4.99 Å². The number of aliphatic imine (C=N–C) groups is 1. The average Bonchev–Trinajstić information content (AvgIpc) is 3.80. The zero-order valence-electron chi connectivity index (χ0n) is 30.5. The smallest absolute Gasteiger partial charge is 0.145 e. The molecular weight excluding hydrogens is 681 g/mol. The number of hydrogen-bond donors (Lipinski definition) is 1. The van der Waals surface area contributed by atoms with E-state index >= 15 is 0 Å². The van der Waals surface area contributed by atoms with Gasteiger partial charge in [-0.2, -0.15) is 0 Å². The maximum Gasteiger partial charge on any atom is 0.145 e. The van der Waals surface area contributed by atoms with Crippen molar-refractivity contribution in [2.45, 2.75) is 6.17 Å². The zero-order chi connectivity index (χ0) is 37.0. The van der Waals surface area contributed by atoms with Gasteiger partial charge in [0.1, 0.15) is 6.17 Å². The van der Waals surface area contributed by atoms with Gasteiger partial charge in [0.05, 0.1) is 27.8 Å². The van der Waals surface area contributed by atoms with Crippen molar-refractivity contribution in [1.29, 1.82) is 0 Å². The molecule has 4 heteroatoms. The summed E-state index contributed by atoms with van der Waals surface area (Å²) in [5.41, 5.74) is 14.5. The molecule has 264 valence electrons. The Balaban J connectivity index is 1.15. The molecule has 56 heavy (non-hydrogen) atoms. The first-order valence-corrected chi connectivity index (χ1v) is 19.2. The Morgan fingerprint density at radius 1 is 0.375 bits per heavy atom. The van der Waals surface area contributed by atoms with E-state index in [1.165, 1.54) is 54.7 Å². The molecule has 8 aromatic carbocycles. The molecule has 11 rings (SSSR count). The SMILES string of the molecule is C1=C(c2cc(-n3c4ccccc4c4ccccc43)cc(-n3c4ccccc4c4ccccc43)c2)NC(c2ccccc2)N=C1c1ccc(-c2ccccc2)cc1. The van der Waals surface area contributed by atoms with Crippen molar-refractivity contribution in [1.82, 2.24) is 14.5 Å². The first-order chi connectivity index (χ1) is 27.8. The standard InChI is InChI=1S/C52H36N4/c1-3-15-35(16-4-1)36-27-29-37(30-28-36)46-34-47(54-52(53-46)38-17-5-2-6-18-38)39-31-40(55-48-23-11-7-19-42(48)43-20-8-12-24-49(43)55)33-41(32-39)56-50-25-13-9-21-44(50)45-22-10-14-26-51(45)56/h1-34,52,54H. The fourth-order valence-electron chi connectivity index (χ4n) is 8.53. The Morgan fingerprint density at radius 3 is 1.29 bits per heavy atom. The van der Waals surface area contributed by atoms with E-state index in [1.807, 2.05) is 0 Å². The minimum Gasteiger partial charge on any atom is -0.360 e. The minimum absolute atomic E-state index is 0.270. The van der Waals surface area contributed by atoms with Crippen molar-refractivity contribution in [2.75, 3.05) is 0 Å². The van der Waals surface area contributed by atoms with Gasteiger partial charge in [-0.15, -0.1) is 0 Å². The van der Waals surface area contributed by atoms with Crippen molar-refractivity contribution < 1.29 is 0 Å². The largest absolute Gasteiger partial charge is 0.360 e. The molecule has 4 nitrogen and oxygen atoms in total. The Bertz CT molecular complexity index is 2910. The molecular formula is C52H36N4. The van der Waals surface area contributed by atoms with E-state index in [2.05, 4.69) is 221 Å². The lowest BCUT2D eigenvalue weighted by molar-refractivity contribution is 0.664. The maximum atomic E-state index is 5.33. The van der Waals surface area contributed by atoms with Crippen LogP contribution in [0.3, 0.4) is 0 Å². The summed E-state index contributed by atoms with van der Waals surface area (Å²) in [6.07, 6.45) is 1.95. The normalized spacial score (nSPS) is 14.2. The summed E-state index contributed by atoms with van der Waals surface area (Å²) in [4.78, 5) is 5.33. The molecule has 1 aliphatic rings. The number of rotatable bonds is 6. The number of nitrogens with zero attached hydrogens (tertiary/aromatic N) is 3. The lowest BCUT2D eigenvalue weighted by Crippen LogP contribution is -2.25. The van der Waals surface area contributed by atoms with Crippen LogP contribution in [0.15, 0.2) is 211 Å². The topological polar surface area (TPSA) is 34.2 Å². The van der Waals surface area contributed by atoms with Gasteiger partial charge < -0.3 is 14.5 Å². The molecule has 0 bridgehead atoms. The van der Waals surface area contributed by atoms with Gasteiger partial charge in [0.15, 0.2) is 0 Å². The Morgan fingerprint density at radius 2 is 0.786 bits per heavy atom. The number of para-hydroxylation sites is 4. The van der Waals surface area contributed by atoms with Crippen molar-refractivity contribution in [3.05, 3.63) is 223 Å². The van der Waals surface area contributed by atoms with Crippen LogP contribution in [0, 0.1) is 0 Å². The van der Waals surface area contributed by atoms with Crippen LogP contribution in [0.4, 0.5) is 0 Å². The molecule has 1 atom stereocenters. The Hall–Kier alpha value is -7.43. The number of fused-ring (bicyclic) bond motifs is 6. The second-order valence-electron chi connectivity index (χ2n) is 14.5. The summed E-state index contributed by atoms with van der Waals surface area (Å²) in [5, 5.41) is 8.81. The molecule has 10 aromatic rings. The molecule has 0 aliphatic carbocycles. The van der Waals surface area contributed by atoms with Crippen LogP contribution in [-0.4, -0.2) is 14.8 Å². The van der Waals surface area contributed by atoms with E-state index < -0.39 is 0 Å². The average molecular weight is 717 g/mol. The van der Waals surface area contributed by atoms with Gasteiger partial charge in [0.25, 0.3) is 0 Å². The van der Waals surface area contributed by atoms with Crippen molar-refractivity contribution in [3.63, 3.8) is 0 Å². The molecule has 0 amide bonds. The van der Waals surface area contributed by atoms with Gasteiger partial charge >= 0.3 is 0 Å². The van der Waals surface area contributed by atoms with E-state index in [4.69, 9.17) is 4.99 Å². The van der Waals surface area contributed by atoms with Crippen LogP contribution in [0.2, 0.25) is 0 Å². The van der Waals surface area contributed by atoms with Crippen molar-refractivity contribution >= 4 is 55.0 Å². The number of hydrogen-bond acceptors (Lipinski definition) is 2. The van der Waals surface area contributed by atoms with E-state index in [-0.39, 0.29) is 6.17 Å². The van der Waals surface area contributed by atoms with E-state index in [0.717, 1.165) is 39.5 Å². The highest BCUT2D eigenvalue weighted by Gasteiger charge is 2.22. The highest BCUT2D eigenvalue weighted by Crippen LogP contribution is 2.38. The third-order valence-electron chi connectivity index (χ3n) is 11.1. The number of aromatic nitrogens is 2. The molecule has 0 spiro atoms. The lowest BCUT2D eigenvalue weighted by atomic mass is 9.99. The Kier molecular flexibility index (Phi) is 7.52. The molecule has 1 N–H and O–H groups in total. The highest BCUT2D eigenvalue weighted by atomic mass is 15.1. The summed E-state index contributed by atoms with van der Waals surface area (Å²) in [6.45, 7) is 0. The molecule has 1 unspecified atom stereocenters. The fraction of sp³-hybridized carbons (Fsp3) is 0.0192. The predicted octanol–water partition coefficient (Wildman–Crippen LogP) is 12.7. The number of nitrogens with one attached hydrogen (secondary N) is 1. The van der Waals surface area contributed by atoms with E-state index in [1.54, 1.807) is 0 Å². The first-order valence-electron chi connectivity index (χ1n) is 19.2. The predicted molar refractivity (Wildman–Crippen MR) is 234 cm³/mol. The van der Waals surface area contributed by atoms with Gasteiger partial charge in [-0.1, -0.05) is 158 Å². The molecule has 0 saturated heterocycles. The summed E-state index contributed by atoms with van der Waals surface area (Å²) in [5.74, 6) is 0. The summed E-state index contributed by atoms with van der Waals surface area (Å²) in [6, 6.07) is 71.8. The van der Waals surface area contributed by atoms with Gasteiger partial charge in [-0.25, -0.2) is 0 Å². The highest BCUT2D eigenvalue weighted by molar-refractivity contribution is 6.14. The quantitative estimate of drug-likeness (QED) is 0.183. The lowest BCUT2D eigenvalue weighted by Gasteiger charge is -2.26. The third-order valence-corrected chi connectivity index (χ3v) is 11.1. The summed E-state index contributed by atoms with van der Waals surface area (Å²) >= 11 is 0. The second kappa shape index (κ2) is 13.2. The number of allylic oxidation sites excluding steroid dienone is 1. The molecule has 0 radical (unpaired) electrons. The van der Waals surface area contributed by atoms with Crippen molar-refractivity contribution in [3.8, 4) is 22.5 Å². The molecule has 0 fully saturated rings. The summed E-state index contributed by atoms with van der Waals surface area (Å²) in [7, 11) is 0. The van der Waals surface area contributed by atoms with Crippen LogP contribution < -0.4 is 5.32 Å². The molecule has 2 aromatic heterocycles. The van der Waals surface area contributed by atoms with Gasteiger partial charge in [-0.3, -0.25) is 4.99 Å². The minimum atomic E-state index is -0.270. The maximum absolute atomic E-state index is 5.33. The molecule has 0 saturated carbocycles. The Labute approximate surface area is 324 Å². The van der Waals surface area contributed by atoms with Crippen LogP contribution in [0.25, 0.3) is 71.8 Å². The fourth-order valence-corrected chi connectivity index (χ4v) is 8.53. The monoisotopic (exact) mass is 716 g/mol. The first kappa shape index (κ1) is 32.0. The third kappa shape index (κ3) is 5.34. The molecule has 3 heterocycles. The van der Waals surface area contributed by atoms with Gasteiger partial charge in [0, 0.05) is 44.2 Å². The van der Waals surface area contributed by atoms with Crippen LogP contribution >= 0.6 is 0 Å². The van der Waals surface area contributed by atoms with Crippen LogP contribution in [-0.2, 0) is 0 Å². The van der Waals surface area contributed by atoms with Crippen LogP contribution in [0.1, 0.15) is 22.9 Å². The van der Waals surface area contributed by atoms with Gasteiger partial charge in [0.2, 0.25) is 0 Å². The molecule has 1 aliphatic heterocycles. The number of benzene rings is 8. The zero-order valence-corrected chi connectivity index (χ0v) is 30.5. The second-order valence-corrected chi connectivity index (χ2v) is 14.5. The van der Waals surface area contributed by atoms with Crippen LogP contribution in [0.5, 0.6) is 0 Å². The van der Waals surface area contributed by atoms with E-state index in [9.17, 15) is 0 Å². The van der Waals surface area contributed by atoms with E-state index in [0.29, 0.717) is 0 Å². The van der Waals surface area contributed by atoms with Gasteiger partial charge in [-0.05, 0) is 70.8 Å².